The molecule has 0 aliphatic heterocycles. The third kappa shape index (κ3) is 5.82. The van der Waals surface area contributed by atoms with Crippen molar-refractivity contribution in [2.45, 2.75) is 58.9 Å². The molecule has 3 aromatic rings. The van der Waals surface area contributed by atoms with Gasteiger partial charge in [0, 0.05) is 18.4 Å². The minimum atomic E-state index is -0.494. The Balaban J connectivity index is 1.69. The summed E-state index contributed by atoms with van der Waals surface area (Å²) in [5.41, 5.74) is 2.04. The van der Waals surface area contributed by atoms with Crippen molar-refractivity contribution in [1.82, 2.24) is 9.55 Å². The minimum absolute atomic E-state index is 0.0409. The molecule has 1 heterocycles. The van der Waals surface area contributed by atoms with Crippen molar-refractivity contribution < 1.29 is 4.79 Å². The molecule has 1 amide bonds. The number of unbranched alkanes of at least 4 members (excludes halogenated alkanes) is 1. The molecule has 1 unspecified atom stereocenters. The first-order valence-electron chi connectivity index (χ1n) is 10.9. The summed E-state index contributed by atoms with van der Waals surface area (Å²) >= 11 is 0. The van der Waals surface area contributed by atoms with Crippen LogP contribution in [-0.2, 0) is 17.6 Å². The normalized spacial score (nSPS) is 13.2. The minimum Gasteiger partial charge on any atom is -0.315 e. The van der Waals surface area contributed by atoms with Gasteiger partial charge in [-0.05, 0) is 50.7 Å². The Hall–Kier alpha value is -2.88. The van der Waals surface area contributed by atoms with Crippen LogP contribution in [0.1, 0.15) is 57.2 Å². The first-order valence-corrected chi connectivity index (χ1v) is 10.9. The SMILES string of the molecule is CC(C)n1ccnc1NC(=O)C(C)(CCCCc1ccccc1)Cc1ccccc1. The molecule has 4 heteroatoms. The van der Waals surface area contributed by atoms with Gasteiger partial charge in [-0.25, -0.2) is 4.98 Å². The van der Waals surface area contributed by atoms with Crippen molar-refractivity contribution in [3.8, 4) is 0 Å². The summed E-state index contributed by atoms with van der Waals surface area (Å²) in [6, 6.07) is 21.1. The number of nitrogens with zero attached hydrogens (tertiary/aromatic N) is 2. The molecule has 1 atom stereocenters. The zero-order valence-corrected chi connectivity index (χ0v) is 18.3. The predicted molar refractivity (Wildman–Crippen MR) is 123 cm³/mol. The molecule has 1 aromatic heterocycles. The van der Waals surface area contributed by atoms with Crippen LogP contribution in [-0.4, -0.2) is 15.5 Å². The first kappa shape index (κ1) is 21.8. The van der Waals surface area contributed by atoms with Gasteiger partial charge in [-0.2, -0.15) is 0 Å². The summed E-state index contributed by atoms with van der Waals surface area (Å²) in [6.45, 7) is 6.26. The van der Waals surface area contributed by atoms with E-state index in [9.17, 15) is 4.79 Å². The van der Waals surface area contributed by atoms with Gasteiger partial charge in [0.2, 0.25) is 11.9 Å². The maximum atomic E-state index is 13.4. The Bertz CT molecular complexity index is 918. The third-order valence-corrected chi connectivity index (χ3v) is 5.72. The third-order valence-electron chi connectivity index (χ3n) is 5.72. The van der Waals surface area contributed by atoms with E-state index in [1.54, 1.807) is 6.20 Å². The summed E-state index contributed by atoms with van der Waals surface area (Å²) < 4.78 is 2.00. The van der Waals surface area contributed by atoms with E-state index in [1.807, 2.05) is 35.0 Å². The van der Waals surface area contributed by atoms with Crippen molar-refractivity contribution in [1.29, 1.82) is 0 Å². The van der Waals surface area contributed by atoms with Crippen LogP contribution in [0, 0.1) is 5.41 Å². The highest BCUT2D eigenvalue weighted by Crippen LogP contribution is 2.31. The number of aryl methyl sites for hydroxylation is 1. The Morgan fingerprint density at radius 1 is 1.00 bits per heavy atom. The molecule has 0 saturated carbocycles. The number of aromatic nitrogens is 2. The topological polar surface area (TPSA) is 46.9 Å². The molecule has 1 N–H and O–H groups in total. The van der Waals surface area contributed by atoms with Gasteiger partial charge < -0.3 is 4.57 Å². The average molecular weight is 404 g/mol. The van der Waals surface area contributed by atoms with Crippen LogP contribution in [0.3, 0.4) is 0 Å². The van der Waals surface area contributed by atoms with Gasteiger partial charge in [0.05, 0.1) is 5.41 Å². The fourth-order valence-corrected chi connectivity index (χ4v) is 3.90. The standard InChI is InChI=1S/C26H33N3O/c1-21(2)29-19-18-27-25(29)28-24(30)26(3,20-23-15-8-5-9-16-23)17-11-10-14-22-12-6-4-7-13-22/h4-9,12-13,15-16,18-19,21H,10-11,14,17,20H2,1-3H3,(H,27,28,30). The van der Waals surface area contributed by atoms with E-state index in [4.69, 9.17) is 0 Å². The van der Waals surface area contributed by atoms with Gasteiger partial charge in [0.25, 0.3) is 0 Å². The molecular weight excluding hydrogens is 370 g/mol. The van der Waals surface area contributed by atoms with Gasteiger partial charge in [-0.1, -0.05) is 74.0 Å². The molecule has 0 radical (unpaired) electrons. The molecule has 30 heavy (non-hydrogen) atoms. The molecule has 3 rings (SSSR count). The molecule has 0 saturated heterocycles. The summed E-state index contributed by atoms with van der Waals surface area (Å²) in [5, 5.41) is 3.10. The van der Waals surface area contributed by atoms with Crippen molar-refractivity contribution in [3.63, 3.8) is 0 Å². The molecule has 158 valence electrons. The van der Waals surface area contributed by atoms with E-state index >= 15 is 0 Å². The molecule has 0 spiro atoms. The number of rotatable bonds is 10. The Morgan fingerprint density at radius 2 is 1.63 bits per heavy atom. The van der Waals surface area contributed by atoms with E-state index in [-0.39, 0.29) is 11.9 Å². The number of carbonyl (C=O) groups is 1. The van der Waals surface area contributed by atoms with Gasteiger partial charge in [-0.15, -0.1) is 0 Å². The fourth-order valence-electron chi connectivity index (χ4n) is 3.90. The predicted octanol–water partition coefficient (Wildman–Crippen LogP) is 6.06. The lowest BCUT2D eigenvalue weighted by Crippen LogP contribution is -2.36. The molecule has 0 bridgehead atoms. The Labute approximate surface area is 180 Å². The second-order valence-corrected chi connectivity index (χ2v) is 8.62. The zero-order valence-electron chi connectivity index (χ0n) is 18.3. The maximum Gasteiger partial charge on any atom is 0.232 e. The monoisotopic (exact) mass is 403 g/mol. The number of anilines is 1. The molecule has 0 aliphatic rings. The largest absolute Gasteiger partial charge is 0.315 e. The lowest BCUT2D eigenvalue weighted by molar-refractivity contribution is -0.125. The van der Waals surface area contributed by atoms with Crippen LogP contribution in [0.4, 0.5) is 5.95 Å². The number of amides is 1. The second kappa shape index (κ2) is 10.2. The average Bonchev–Trinajstić information content (AvgIpc) is 3.21. The number of hydrogen-bond donors (Lipinski definition) is 1. The number of nitrogens with one attached hydrogen (secondary N) is 1. The van der Waals surface area contributed by atoms with Crippen LogP contribution in [0.25, 0.3) is 0 Å². The highest BCUT2D eigenvalue weighted by molar-refractivity contribution is 5.94. The van der Waals surface area contributed by atoms with Crippen molar-refractivity contribution in [2.75, 3.05) is 5.32 Å². The summed E-state index contributed by atoms with van der Waals surface area (Å²) in [7, 11) is 0. The molecule has 4 nitrogen and oxygen atoms in total. The molecular formula is C26H33N3O. The lowest BCUT2D eigenvalue weighted by Gasteiger charge is -2.29. The number of imidazole rings is 1. The zero-order chi connectivity index (χ0) is 21.4. The second-order valence-electron chi connectivity index (χ2n) is 8.62. The maximum absolute atomic E-state index is 13.4. The number of hydrogen-bond acceptors (Lipinski definition) is 2. The summed E-state index contributed by atoms with van der Waals surface area (Å²) in [5.74, 6) is 0.665. The van der Waals surface area contributed by atoms with Gasteiger partial charge in [-0.3, -0.25) is 10.1 Å². The highest BCUT2D eigenvalue weighted by Gasteiger charge is 2.33. The van der Waals surface area contributed by atoms with E-state index < -0.39 is 5.41 Å². The quantitative estimate of drug-likeness (QED) is 0.418. The van der Waals surface area contributed by atoms with Crippen molar-refractivity contribution in [2.24, 2.45) is 5.41 Å². The number of benzene rings is 2. The molecule has 0 aliphatic carbocycles. The first-order chi connectivity index (χ1) is 14.5. The van der Waals surface area contributed by atoms with Crippen LogP contribution in [0.15, 0.2) is 73.1 Å². The Kier molecular flexibility index (Phi) is 7.45. The lowest BCUT2D eigenvalue weighted by atomic mass is 9.78. The van der Waals surface area contributed by atoms with Crippen molar-refractivity contribution >= 4 is 11.9 Å². The van der Waals surface area contributed by atoms with Crippen LogP contribution in [0.2, 0.25) is 0 Å². The van der Waals surface area contributed by atoms with E-state index in [2.05, 4.69) is 67.5 Å². The summed E-state index contributed by atoms with van der Waals surface area (Å²) in [4.78, 5) is 17.8. The summed E-state index contributed by atoms with van der Waals surface area (Å²) in [6.07, 6.45) is 8.32. The van der Waals surface area contributed by atoms with Crippen LogP contribution in [0.5, 0.6) is 0 Å². The molecule has 2 aromatic carbocycles. The molecule has 0 fully saturated rings. The Morgan fingerprint density at radius 3 is 2.27 bits per heavy atom. The fraction of sp³-hybridized carbons (Fsp3) is 0.385. The van der Waals surface area contributed by atoms with Crippen molar-refractivity contribution in [3.05, 3.63) is 84.2 Å². The van der Waals surface area contributed by atoms with E-state index in [0.29, 0.717) is 12.4 Å². The van der Waals surface area contributed by atoms with Crippen LogP contribution >= 0.6 is 0 Å². The van der Waals surface area contributed by atoms with Gasteiger partial charge in [0.1, 0.15) is 0 Å². The highest BCUT2D eigenvalue weighted by atomic mass is 16.2. The van der Waals surface area contributed by atoms with E-state index in [1.165, 1.54) is 11.1 Å². The van der Waals surface area contributed by atoms with E-state index in [0.717, 1.165) is 25.7 Å². The van der Waals surface area contributed by atoms with Gasteiger partial charge in [0.15, 0.2) is 0 Å². The van der Waals surface area contributed by atoms with Gasteiger partial charge >= 0.3 is 0 Å². The smallest absolute Gasteiger partial charge is 0.232 e. The van der Waals surface area contributed by atoms with Crippen LogP contribution < -0.4 is 5.32 Å². The number of carbonyl (C=O) groups excluding carboxylic acids is 1.